The van der Waals surface area contributed by atoms with Crippen molar-refractivity contribution < 1.29 is 4.79 Å². The summed E-state index contributed by atoms with van der Waals surface area (Å²) >= 11 is 3.47. The molecule has 0 aliphatic carbocycles. The maximum Gasteiger partial charge on any atom is 0.250 e. The molecule has 1 atom stereocenters. The molecule has 4 rings (SSSR count). The third-order valence-corrected chi connectivity index (χ3v) is 4.99. The van der Waals surface area contributed by atoms with Gasteiger partial charge in [0.05, 0.1) is 11.2 Å². The molecule has 1 aliphatic rings. The molecular weight excluding hydrogens is 382 g/mol. The predicted molar refractivity (Wildman–Crippen MR) is 102 cm³/mol. The number of aromatic nitrogens is 3. The van der Waals surface area contributed by atoms with Crippen LogP contribution in [-0.2, 0) is 11.8 Å². The van der Waals surface area contributed by atoms with Crippen LogP contribution in [0.25, 0.3) is 10.9 Å². The van der Waals surface area contributed by atoms with Crippen LogP contribution in [0.5, 0.6) is 0 Å². The summed E-state index contributed by atoms with van der Waals surface area (Å²) < 4.78 is 2.74. The van der Waals surface area contributed by atoms with E-state index in [9.17, 15) is 4.79 Å². The van der Waals surface area contributed by atoms with E-state index in [-0.39, 0.29) is 11.9 Å². The van der Waals surface area contributed by atoms with Gasteiger partial charge >= 0.3 is 0 Å². The zero-order valence-corrected chi connectivity index (χ0v) is 15.6. The lowest BCUT2D eigenvalue weighted by molar-refractivity contribution is -0.117. The van der Waals surface area contributed by atoms with E-state index >= 15 is 0 Å². The summed E-state index contributed by atoms with van der Waals surface area (Å²) in [6.07, 6.45) is 2.52. The Hall–Kier alpha value is -2.41. The standard InChI is InChI=1S/C18H18BrN5O/c1-11-9-17(23(2)22-11)24-8-6-15(18(24)25)21-14-5-7-20-16-10-12(19)3-4-13(14)16/h3-5,7,9-10,15H,6,8H2,1-2H3,(H,20,21). The van der Waals surface area contributed by atoms with Gasteiger partial charge in [-0.05, 0) is 37.6 Å². The molecule has 1 unspecified atom stereocenters. The molecule has 128 valence electrons. The highest BCUT2D eigenvalue weighted by Gasteiger charge is 2.34. The van der Waals surface area contributed by atoms with Crippen molar-refractivity contribution in [3.63, 3.8) is 0 Å². The molecule has 1 N–H and O–H groups in total. The van der Waals surface area contributed by atoms with Gasteiger partial charge in [0.15, 0.2) is 0 Å². The highest BCUT2D eigenvalue weighted by atomic mass is 79.9. The van der Waals surface area contributed by atoms with Crippen LogP contribution in [0.1, 0.15) is 12.1 Å². The van der Waals surface area contributed by atoms with Crippen molar-refractivity contribution in [2.75, 3.05) is 16.8 Å². The molecule has 25 heavy (non-hydrogen) atoms. The van der Waals surface area contributed by atoms with E-state index in [0.717, 1.165) is 39.0 Å². The van der Waals surface area contributed by atoms with E-state index in [0.29, 0.717) is 6.54 Å². The third-order valence-electron chi connectivity index (χ3n) is 4.49. The summed E-state index contributed by atoms with van der Waals surface area (Å²) in [7, 11) is 1.87. The second-order valence-corrected chi connectivity index (χ2v) is 7.18. The number of rotatable bonds is 3. The largest absolute Gasteiger partial charge is 0.373 e. The van der Waals surface area contributed by atoms with Gasteiger partial charge in [-0.3, -0.25) is 19.4 Å². The monoisotopic (exact) mass is 399 g/mol. The second-order valence-electron chi connectivity index (χ2n) is 6.26. The van der Waals surface area contributed by atoms with Crippen molar-refractivity contribution in [1.82, 2.24) is 14.8 Å². The maximum absolute atomic E-state index is 12.9. The van der Waals surface area contributed by atoms with Crippen LogP contribution < -0.4 is 10.2 Å². The van der Waals surface area contributed by atoms with Crippen molar-refractivity contribution >= 4 is 44.2 Å². The summed E-state index contributed by atoms with van der Waals surface area (Å²) in [5.41, 5.74) is 2.73. The van der Waals surface area contributed by atoms with Gasteiger partial charge in [0.1, 0.15) is 11.9 Å². The molecule has 1 amide bonds. The first-order valence-electron chi connectivity index (χ1n) is 8.16. The fraction of sp³-hybridized carbons (Fsp3) is 0.278. The van der Waals surface area contributed by atoms with Gasteiger partial charge in [0.25, 0.3) is 5.91 Å². The zero-order valence-electron chi connectivity index (χ0n) is 14.0. The van der Waals surface area contributed by atoms with Gasteiger partial charge < -0.3 is 5.32 Å². The number of hydrogen-bond donors (Lipinski definition) is 1. The molecule has 1 saturated heterocycles. The minimum atomic E-state index is -0.246. The molecule has 7 heteroatoms. The molecule has 0 saturated carbocycles. The Morgan fingerprint density at radius 3 is 2.88 bits per heavy atom. The smallest absolute Gasteiger partial charge is 0.250 e. The average molecular weight is 400 g/mol. The molecule has 0 spiro atoms. The minimum absolute atomic E-state index is 0.0741. The second kappa shape index (κ2) is 6.15. The van der Waals surface area contributed by atoms with Crippen LogP contribution in [-0.4, -0.2) is 33.3 Å². The molecule has 0 radical (unpaired) electrons. The number of amides is 1. The zero-order chi connectivity index (χ0) is 17.6. The average Bonchev–Trinajstić information content (AvgIpc) is 3.09. The quantitative estimate of drug-likeness (QED) is 0.733. The molecule has 1 aromatic carbocycles. The van der Waals surface area contributed by atoms with Gasteiger partial charge in [0, 0.05) is 41.4 Å². The van der Waals surface area contributed by atoms with Gasteiger partial charge in [-0.1, -0.05) is 15.9 Å². The number of fused-ring (bicyclic) bond motifs is 1. The summed E-state index contributed by atoms with van der Waals surface area (Å²) in [6.45, 7) is 2.62. The van der Waals surface area contributed by atoms with Crippen LogP contribution >= 0.6 is 15.9 Å². The first kappa shape index (κ1) is 16.1. The van der Waals surface area contributed by atoms with E-state index in [4.69, 9.17) is 0 Å². The number of anilines is 2. The van der Waals surface area contributed by atoms with E-state index in [1.54, 1.807) is 15.8 Å². The van der Waals surface area contributed by atoms with Gasteiger partial charge in [-0.2, -0.15) is 5.10 Å². The maximum atomic E-state index is 12.9. The van der Waals surface area contributed by atoms with Gasteiger partial charge in [-0.25, -0.2) is 0 Å². The van der Waals surface area contributed by atoms with Gasteiger partial charge in [-0.15, -0.1) is 0 Å². The van der Waals surface area contributed by atoms with Crippen molar-refractivity contribution in [2.24, 2.45) is 7.05 Å². The number of hydrogen-bond acceptors (Lipinski definition) is 4. The number of carbonyl (C=O) groups is 1. The van der Waals surface area contributed by atoms with E-state index in [2.05, 4.69) is 31.3 Å². The molecule has 3 aromatic rings. The third kappa shape index (κ3) is 2.89. The first-order chi connectivity index (χ1) is 12.0. The highest BCUT2D eigenvalue weighted by molar-refractivity contribution is 9.10. The Kier molecular flexibility index (Phi) is 3.95. The number of carbonyl (C=O) groups excluding carboxylic acids is 1. The van der Waals surface area contributed by atoms with Crippen molar-refractivity contribution in [3.05, 3.63) is 46.7 Å². The predicted octanol–water partition coefficient (Wildman–Crippen LogP) is 3.26. The fourth-order valence-electron chi connectivity index (χ4n) is 3.33. The van der Waals surface area contributed by atoms with Crippen LogP contribution in [0.3, 0.4) is 0 Å². The Morgan fingerprint density at radius 1 is 1.28 bits per heavy atom. The lowest BCUT2D eigenvalue weighted by atomic mass is 10.1. The number of benzene rings is 1. The molecule has 3 heterocycles. The lowest BCUT2D eigenvalue weighted by Crippen LogP contribution is -2.34. The highest BCUT2D eigenvalue weighted by Crippen LogP contribution is 2.28. The molecule has 1 fully saturated rings. The Morgan fingerprint density at radius 2 is 2.12 bits per heavy atom. The number of aryl methyl sites for hydroxylation is 2. The molecule has 2 aromatic heterocycles. The minimum Gasteiger partial charge on any atom is -0.373 e. The van der Waals surface area contributed by atoms with E-state index < -0.39 is 0 Å². The van der Waals surface area contributed by atoms with Crippen LogP contribution in [0.15, 0.2) is 41.0 Å². The lowest BCUT2D eigenvalue weighted by Gasteiger charge is -2.18. The number of nitrogens with one attached hydrogen (secondary N) is 1. The Bertz CT molecular complexity index is 967. The van der Waals surface area contributed by atoms with Crippen molar-refractivity contribution in [1.29, 1.82) is 0 Å². The first-order valence-corrected chi connectivity index (χ1v) is 8.95. The SMILES string of the molecule is Cc1cc(N2CCC(Nc3ccnc4cc(Br)ccc34)C2=O)n(C)n1. The normalized spacial score (nSPS) is 17.5. The molecule has 6 nitrogen and oxygen atoms in total. The van der Waals surface area contributed by atoms with Crippen molar-refractivity contribution in [2.45, 2.75) is 19.4 Å². The van der Waals surface area contributed by atoms with Crippen LogP contribution in [0.2, 0.25) is 0 Å². The summed E-state index contributed by atoms with van der Waals surface area (Å²) in [6, 6.07) is 9.58. The number of nitrogens with zero attached hydrogens (tertiary/aromatic N) is 4. The summed E-state index contributed by atoms with van der Waals surface area (Å²) in [4.78, 5) is 19.1. The van der Waals surface area contributed by atoms with Crippen LogP contribution in [0, 0.1) is 6.92 Å². The molecule has 1 aliphatic heterocycles. The summed E-state index contributed by atoms with van der Waals surface area (Å²) in [5, 5.41) is 8.75. The number of pyridine rings is 1. The van der Waals surface area contributed by atoms with Crippen LogP contribution in [0.4, 0.5) is 11.5 Å². The van der Waals surface area contributed by atoms with E-state index in [1.165, 1.54) is 0 Å². The fourth-order valence-corrected chi connectivity index (χ4v) is 3.67. The van der Waals surface area contributed by atoms with Gasteiger partial charge in [0.2, 0.25) is 0 Å². The van der Waals surface area contributed by atoms with Crippen molar-refractivity contribution in [3.8, 4) is 0 Å². The Balaban J connectivity index is 1.60. The number of halogens is 1. The summed E-state index contributed by atoms with van der Waals surface area (Å²) in [5.74, 6) is 0.917. The Labute approximate surface area is 154 Å². The molecular formula is C18H18BrN5O. The molecule has 0 bridgehead atoms. The van der Waals surface area contributed by atoms with E-state index in [1.807, 2.05) is 44.3 Å². The topological polar surface area (TPSA) is 63.1 Å².